The van der Waals surface area contributed by atoms with Crippen molar-refractivity contribution in [1.82, 2.24) is 29.5 Å². The van der Waals surface area contributed by atoms with Crippen molar-refractivity contribution < 1.29 is 9.90 Å². The van der Waals surface area contributed by atoms with Gasteiger partial charge in [0.2, 0.25) is 0 Å². The van der Waals surface area contributed by atoms with E-state index in [2.05, 4.69) is 27.2 Å². The summed E-state index contributed by atoms with van der Waals surface area (Å²) in [6.07, 6.45) is 3.19. The standard InChI is InChI=1S/C26H21N7O3/c1-16(29-25(35)21-22(27)31-32-14-7-13-28-24(21)32)23-30-19-12-5-8-17(9-6-15-34)20(19)26(36)33(23)18-10-3-2-4-11-18/h2-5,7-8,10-14,16,34H,15H2,1H3,(H2,27,31)(H,29,35). The lowest BCUT2D eigenvalue weighted by molar-refractivity contribution is 0.0940. The maximum Gasteiger partial charge on any atom is 0.267 e. The number of fused-ring (bicyclic) bond motifs is 2. The van der Waals surface area contributed by atoms with Crippen LogP contribution in [0.5, 0.6) is 0 Å². The number of hydrogen-bond acceptors (Lipinski definition) is 7. The molecule has 0 aliphatic carbocycles. The number of carbonyl (C=O) groups excluding carboxylic acids is 1. The second-order valence-electron chi connectivity index (χ2n) is 7.95. The first-order chi connectivity index (χ1) is 17.5. The molecule has 10 heteroatoms. The molecule has 0 radical (unpaired) electrons. The lowest BCUT2D eigenvalue weighted by Crippen LogP contribution is -2.33. The minimum Gasteiger partial charge on any atom is -0.384 e. The number of nitrogens with zero attached hydrogens (tertiary/aromatic N) is 5. The molecule has 0 bridgehead atoms. The van der Waals surface area contributed by atoms with Crippen LogP contribution in [0.3, 0.4) is 0 Å². The number of benzene rings is 2. The number of amides is 1. The number of aliphatic hydroxyl groups excluding tert-OH is 1. The van der Waals surface area contributed by atoms with Gasteiger partial charge in [0.1, 0.15) is 18.0 Å². The van der Waals surface area contributed by atoms with E-state index < -0.39 is 11.9 Å². The van der Waals surface area contributed by atoms with Gasteiger partial charge in [0, 0.05) is 18.0 Å². The van der Waals surface area contributed by atoms with Crippen LogP contribution in [0.4, 0.5) is 5.82 Å². The molecule has 2 aromatic carbocycles. The highest BCUT2D eigenvalue weighted by molar-refractivity contribution is 6.04. The highest BCUT2D eigenvalue weighted by Gasteiger charge is 2.24. The van der Waals surface area contributed by atoms with Gasteiger partial charge in [-0.1, -0.05) is 36.1 Å². The molecule has 1 amide bonds. The molecule has 36 heavy (non-hydrogen) atoms. The van der Waals surface area contributed by atoms with Crippen molar-refractivity contribution in [1.29, 1.82) is 0 Å². The van der Waals surface area contributed by atoms with E-state index in [0.717, 1.165) is 0 Å². The summed E-state index contributed by atoms with van der Waals surface area (Å²) in [6, 6.07) is 15.2. The zero-order valence-electron chi connectivity index (χ0n) is 19.2. The van der Waals surface area contributed by atoms with Gasteiger partial charge in [-0.05, 0) is 37.3 Å². The van der Waals surface area contributed by atoms with Gasteiger partial charge in [0.15, 0.2) is 11.5 Å². The third-order valence-corrected chi connectivity index (χ3v) is 5.62. The fraction of sp³-hybridized carbons (Fsp3) is 0.115. The first kappa shape index (κ1) is 22.8. The molecule has 0 spiro atoms. The van der Waals surface area contributed by atoms with Gasteiger partial charge in [-0.2, -0.15) is 0 Å². The number of para-hydroxylation sites is 1. The van der Waals surface area contributed by atoms with Crippen LogP contribution in [-0.4, -0.2) is 41.8 Å². The van der Waals surface area contributed by atoms with Crippen molar-refractivity contribution >= 4 is 28.3 Å². The van der Waals surface area contributed by atoms with Gasteiger partial charge in [0.05, 0.1) is 22.6 Å². The minimum absolute atomic E-state index is 0.0393. The number of anilines is 1. The third-order valence-electron chi connectivity index (χ3n) is 5.62. The lowest BCUT2D eigenvalue weighted by Gasteiger charge is -2.20. The molecule has 3 heterocycles. The Morgan fingerprint density at radius 3 is 2.75 bits per heavy atom. The molecule has 0 aliphatic heterocycles. The van der Waals surface area contributed by atoms with E-state index in [4.69, 9.17) is 15.8 Å². The monoisotopic (exact) mass is 479 g/mol. The predicted octanol–water partition coefficient (Wildman–Crippen LogP) is 1.85. The maximum atomic E-state index is 13.8. The number of nitrogens with two attached hydrogens (primary N) is 1. The average Bonchev–Trinajstić information content (AvgIpc) is 3.23. The van der Waals surface area contributed by atoms with Gasteiger partial charge in [-0.3, -0.25) is 14.2 Å². The molecule has 3 aromatic heterocycles. The molecule has 0 fully saturated rings. The van der Waals surface area contributed by atoms with Crippen LogP contribution in [0.15, 0.2) is 71.8 Å². The topological polar surface area (TPSA) is 140 Å². The van der Waals surface area contributed by atoms with E-state index in [0.29, 0.717) is 33.6 Å². The molecule has 5 aromatic rings. The summed E-state index contributed by atoms with van der Waals surface area (Å²) in [7, 11) is 0. The summed E-state index contributed by atoms with van der Waals surface area (Å²) >= 11 is 0. The Labute approximate surface area is 205 Å². The second-order valence-corrected chi connectivity index (χ2v) is 7.95. The SMILES string of the molecule is CC(NC(=O)c1c(N)nn2cccnc12)c1nc2cccc(C#CCO)c2c(=O)n1-c1ccccc1. The van der Waals surface area contributed by atoms with Crippen molar-refractivity contribution in [2.24, 2.45) is 0 Å². The Bertz CT molecular complexity index is 1730. The summed E-state index contributed by atoms with van der Waals surface area (Å²) in [5.41, 5.74) is 7.58. The molecule has 0 saturated heterocycles. The minimum atomic E-state index is -0.694. The van der Waals surface area contributed by atoms with E-state index in [-0.39, 0.29) is 23.5 Å². The molecule has 1 atom stereocenters. The first-order valence-corrected chi connectivity index (χ1v) is 11.1. The van der Waals surface area contributed by atoms with Crippen molar-refractivity contribution in [3.63, 3.8) is 0 Å². The Balaban J connectivity index is 1.66. The van der Waals surface area contributed by atoms with Gasteiger partial charge >= 0.3 is 0 Å². The van der Waals surface area contributed by atoms with Gasteiger partial charge in [0.25, 0.3) is 11.5 Å². The summed E-state index contributed by atoms with van der Waals surface area (Å²) in [6.45, 7) is 1.40. The third kappa shape index (κ3) is 3.93. The molecular weight excluding hydrogens is 458 g/mol. The summed E-state index contributed by atoms with van der Waals surface area (Å²) in [5, 5.41) is 16.5. The van der Waals surface area contributed by atoms with Crippen molar-refractivity contribution in [3.8, 4) is 17.5 Å². The van der Waals surface area contributed by atoms with E-state index in [1.165, 1.54) is 9.08 Å². The number of rotatable bonds is 4. The molecule has 5 rings (SSSR count). The van der Waals surface area contributed by atoms with Gasteiger partial charge in [-0.15, -0.1) is 5.10 Å². The summed E-state index contributed by atoms with van der Waals surface area (Å²) in [5.74, 6) is 5.28. The zero-order valence-corrected chi connectivity index (χ0v) is 19.2. The highest BCUT2D eigenvalue weighted by atomic mass is 16.2. The van der Waals surface area contributed by atoms with Crippen LogP contribution in [-0.2, 0) is 0 Å². The number of nitrogens with one attached hydrogen (secondary N) is 1. The fourth-order valence-corrected chi connectivity index (χ4v) is 4.06. The number of aliphatic hydroxyl groups is 1. The van der Waals surface area contributed by atoms with Crippen molar-refractivity contribution in [2.45, 2.75) is 13.0 Å². The van der Waals surface area contributed by atoms with Crippen LogP contribution in [0.2, 0.25) is 0 Å². The molecule has 0 saturated carbocycles. The van der Waals surface area contributed by atoms with Crippen molar-refractivity contribution in [3.05, 3.63) is 94.3 Å². The molecule has 10 nitrogen and oxygen atoms in total. The molecule has 0 aliphatic rings. The van der Waals surface area contributed by atoms with E-state index in [9.17, 15) is 9.59 Å². The number of aromatic nitrogens is 5. The molecular formula is C26H21N7O3. The maximum absolute atomic E-state index is 13.8. The summed E-state index contributed by atoms with van der Waals surface area (Å²) < 4.78 is 2.88. The van der Waals surface area contributed by atoms with Crippen LogP contribution < -0.4 is 16.6 Å². The zero-order chi connectivity index (χ0) is 25.2. The highest BCUT2D eigenvalue weighted by Crippen LogP contribution is 2.22. The second kappa shape index (κ2) is 9.32. The van der Waals surface area contributed by atoms with Crippen LogP contribution in [0.25, 0.3) is 22.2 Å². The molecule has 4 N–H and O–H groups in total. The number of hydrogen-bond donors (Lipinski definition) is 3. The average molecular weight is 480 g/mol. The number of carbonyl (C=O) groups is 1. The predicted molar refractivity (Wildman–Crippen MR) is 135 cm³/mol. The Kier molecular flexibility index (Phi) is 5.90. The summed E-state index contributed by atoms with van der Waals surface area (Å²) in [4.78, 5) is 36.0. The fourth-order valence-electron chi connectivity index (χ4n) is 4.06. The van der Waals surface area contributed by atoms with Gasteiger partial charge in [-0.25, -0.2) is 14.5 Å². The van der Waals surface area contributed by atoms with E-state index in [1.807, 2.05) is 18.2 Å². The molecule has 178 valence electrons. The van der Waals surface area contributed by atoms with E-state index in [1.54, 1.807) is 55.7 Å². The lowest BCUT2D eigenvalue weighted by atomic mass is 10.1. The Hall–Kier alpha value is -5.01. The first-order valence-electron chi connectivity index (χ1n) is 11.1. The molecule has 1 unspecified atom stereocenters. The normalized spacial score (nSPS) is 11.7. The van der Waals surface area contributed by atoms with Crippen LogP contribution >= 0.6 is 0 Å². The number of nitrogen functional groups attached to an aromatic ring is 1. The van der Waals surface area contributed by atoms with Crippen molar-refractivity contribution in [2.75, 3.05) is 12.3 Å². The van der Waals surface area contributed by atoms with Crippen LogP contribution in [0.1, 0.15) is 34.7 Å². The smallest absolute Gasteiger partial charge is 0.267 e. The Morgan fingerprint density at radius 1 is 1.17 bits per heavy atom. The van der Waals surface area contributed by atoms with E-state index >= 15 is 0 Å². The quantitative estimate of drug-likeness (QED) is 0.334. The largest absolute Gasteiger partial charge is 0.384 e. The Morgan fingerprint density at radius 2 is 1.97 bits per heavy atom. The van der Waals surface area contributed by atoms with Gasteiger partial charge < -0.3 is 16.2 Å². The van der Waals surface area contributed by atoms with Crippen LogP contribution in [0, 0.1) is 11.8 Å².